The second kappa shape index (κ2) is 5.67. The van der Waals surface area contributed by atoms with E-state index in [1.807, 2.05) is 0 Å². The van der Waals surface area contributed by atoms with E-state index in [-0.39, 0.29) is 0 Å². The summed E-state index contributed by atoms with van der Waals surface area (Å²) in [4.78, 5) is 14.0. The SMILES string of the molecule is CCCCCCC(=O)N1C[C@H]2CNC[C@H]2C1. The molecule has 1 amide bonds. The molecule has 0 spiro atoms. The fourth-order valence-electron chi connectivity index (χ4n) is 2.92. The van der Waals surface area contributed by atoms with Crippen molar-refractivity contribution in [2.45, 2.75) is 39.0 Å². The average molecular weight is 224 g/mol. The van der Waals surface area contributed by atoms with Gasteiger partial charge < -0.3 is 10.2 Å². The normalized spacial score (nSPS) is 28.4. The quantitative estimate of drug-likeness (QED) is 0.720. The van der Waals surface area contributed by atoms with Crippen LogP contribution in [0.3, 0.4) is 0 Å². The van der Waals surface area contributed by atoms with Crippen LogP contribution in [0.5, 0.6) is 0 Å². The molecular formula is C13H24N2O. The van der Waals surface area contributed by atoms with Gasteiger partial charge in [0.05, 0.1) is 0 Å². The lowest BCUT2D eigenvalue weighted by Gasteiger charge is -2.17. The third kappa shape index (κ3) is 2.76. The molecule has 2 saturated heterocycles. The van der Waals surface area contributed by atoms with Gasteiger partial charge in [0.25, 0.3) is 0 Å². The number of rotatable bonds is 5. The standard InChI is InChI=1S/C13H24N2O/c1-2-3-4-5-6-13(16)15-9-11-7-14-8-12(11)10-15/h11-12,14H,2-10H2,1H3/t11-,12+. The maximum atomic E-state index is 11.9. The summed E-state index contributed by atoms with van der Waals surface area (Å²) < 4.78 is 0. The van der Waals surface area contributed by atoms with E-state index in [9.17, 15) is 4.79 Å². The van der Waals surface area contributed by atoms with Crippen molar-refractivity contribution >= 4 is 5.91 Å². The molecule has 0 saturated carbocycles. The lowest BCUT2D eigenvalue weighted by molar-refractivity contribution is -0.130. The Labute approximate surface area is 98.6 Å². The van der Waals surface area contributed by atoms with E-state index >= 15 is 0 Å². The molecule has 2 fully saturated rings. The van der Waals surface area contributed by atoms with E-state index in [0.29, 0.717) is 5.91 Å². The first kappa shape index (κ1) is 11.9. The molecule has 3 heteroatoms. The summed E-state index contributed by atoms with van der Waals surface area (Å²) in [7, 11) is 0. The van der Waals surface area contributed by atoms with Crippen molar-refractivity contribution in [3.05, 3.63) is 0 Å². The topological polar surface area (TPSA) is 32.3 Å². The van der Waals surface area contributed by atoms with Crippen molar-refractivity contribution in [2.24, 2.45) is 11.8 Å². The highest BCUT2D eigenvalue weighted by Crippen LogP contribution is 2.26. The van der Waals surface area contributed by atoms with Crippen molar-refractivity contribution in [1.29, 1.82) is 0 Å². The molecule has 3 nitrogen and oxygen atoms in total. The maximum Gasteiger partial charge on any atom is 0.222 e. The number of hydrogen-bond acceptors (Lipinski definition) is 2. The van der Waals surface area contributed by atoms with Crippen LogP contribution in [0.25, 0.3) is 0 Å². The van der Waals surface area contributed by atoms with Gasteiger partial charge in [-0.3, -0.25) is 4.79 Å². The molecule has 0 aromatic rings. The van der Waals surface area contributed by atoms with Crippen molar-refractivity contribution < 1.29 is 4.79 Å². The van der Waals surface area contributed by atoms with Crippen molar-refractivity contribution in [2.75, 3.05) is 26.2 Å². The summed E-state index contributed by atoms with van der Waals surface area (Å²) in [5.41, 5.74) is 0. The van der Waals surface area contributed by atoms with Crippen LogP contribution >= 0.6 is 0 Å². The fourth-order valence-corrected chi connectivity index (χ4v) is 2.92. The van der Waals surface area contributed by atoms with Gasteiger partial charge in [0, 0.05) is 32.6 Å². The van der Waals surface area contributed by atoms with Gasteiger partial charge in [-0.2, -0.15) is 0 Å². The third-order valence-electron chi connectivity index (χ3n) is 3.99. The van der Waals surface area contributed by atoms with E-state index < -0.39 is 0 Å². The van der Waals surface area contributed by atoms with Crippen LogP contribution < -0.4 is 5.32 Å². The van der Waals surface area contributed by atoms with Crippen LogP contribution in [-0.2, 0) is 4.79 Å². The smallest absolute Gasteiger partial charge is 0.222 e. The van der Waals surface area contributed by atoms with Crippen LogP contribution in [-0.4, -0.2) is 37.0 Å². The Bertz CT molecular complexity index is 230. The Morgan fingerprint density at radius 1 is 1.19 bits per heavy atom. The van der Waals surface area contributed by atoms with E-state index in [1.54, 1.807) is 0 Å². The molecular weight excluding hydrogens is 200 g/mol. The summed E-state index contributed by atoms with van der Waals surface area (Å²) in [5, 5.41) is 3.41. The lowest BCUT2D eigenvalue weighted by Crippen LogP contribution is -2.31. The van der Waals surface area contributed by atoms with Gasteiger partial charge in [0.1, 0.15) is 0 Å². The predicted octanol–water partition coefficient (Wildman–Crippen LogP) is 1.63. The average Bonchev–Trinajstić information content (AvgIpc) is 2.83. The molecule has 2 aliphatic heterocycles. The highest BCUT2D eigenvalue weighted by atomic mass is 16.2. The highest BCUT2D eigenvalue weighted by molar-refractivity contribution is 5.76. The van der Waals surface area contributed by atoms with Crippen molar-refractivity contribution in [1.82, 2.24) is 10.2 Å². The number of amides is 1. The van der Waals surface area contributed by atoms with Gasteiger partial charge >= 0.3 is 0 Å². The predicted molar refractivity (Wildman–Crippen MR) is 65.2 cm³/mol. The molecule has 2 aliphatic rings. The van der Waals surface area contributed by atoms with E-state index in [1.165, 1.54) is 19.3 Å². The molecule has 0 aromatic carbocycles. The number of fused-ring (bicyclic) bond motifs is 1. The van der Waals surface area contributed by atoms with E-state index in [2.05, 4.69) is 17.1 Å². The van der Waals surface area contributed by atoms with E-state index in [0.717, 1.165) is 50.9 Å². The molecule has 0 unspecified atom stereocenters. The zero-order chi connectivity index (χ0) is 11.4. The molecule has 16 heavy (non-hydrogen) atoms. The van der Waals surface area contributed by atoms with Crippen molar-refractivity contribution in [3.8, 4) is 0 Å². The Morgan fingerprint density at radius 3 is 2.50 bits per heavy atom. The summed E-state index contributed by atoms with van der Waals surface area (Å²) in [5.74, 6) is 1.87. The molecule has 0 bridgehead atoms. The van der Waals surface area contributed by atoms with Crippen LogP contribution in [0.15, 0.2) is 0 Å². The fraction of sp³-hybridized carbons (Fsp3) is 0.923. The number of carbonyl (C=O) groups is 1. The van der Waals surface area contributed by atoms with E-state index in [4.69, 9.17) is 0 Å². The minimum absolute atomic E-state index is 0.394. The van der Waals surface area contributed by atoms with Gasteiger partial charge in [0.2, 0.25) is 5.91 Å². The number of hydrogen-bond donors (Lipinski definition) is 1. The minimum Gasteiger partial charge on any atom is -0.342 e. The Hall–Kier alpha value is -0.570. The zero-order valence-electron chi connectivity index (χ0n) is 10.4. The van der Waals surface area contributed by atoms with Crippen LogP contribution in [0.1, 0.15) is 39.0 Å². The van der Waals surface area contributed by atoms with Gasteiger partial charge in [-0.15, -0.1) is 0 Å². The van der Waals surface area contributed by atoms with Crippen LogP contribution in [0.4, 0.5) is 0 Å². The summed E-state index contributed by atoms with van der Waals surface area (Å²) in [6, 6.07) is 0. The number of nitrogens with one attached hydrogen (secondary N) is 1. The molecule has 2 atom stereocenters. The molecule has 2 heterocycles. The van der Waals surface area contributed by atoms with Gasteiger partial charge in [0.15, 0.2) is 0 Å². The summed E-state index contributed by atoms with van der Waals surface area (Å²) >= 11 is 0. The van der Waals surface area contributed by atoms with Gasteiger partial charge in [-0.1, -0.05) is 26.2 Å². The lowest BCUT2D eigenvalue weighted by atomic mass is 10.0. The summed E-state index contributed by atoms with van der Waals surface area (Å²) in [6.07, 6.45) is 5.57. The number of unbranched alkanes of at least 4 members (excludes halogenated alkanes) is 3. The second-order valence-electron chi connectivity index (χ2n) is 5.29. The molecule has 0 radical (unpaired) electrons. The first-order valence-electron chi connectivity index (χ1n) is 6.79. The summed E-state index contributed by atoms with van der Waals surface area (Å²) in [6.45, 7) is 6.44. The van der Waals surface area contributed by atoms with Gasteiger partial charge in [-0.05, 0) is 18.3 Å². The highest BCUT2D eigenvalue weighted by Gasteiger charge is 2.37. The molecule has 2 rings (SSSR count). The Morgan fingerprint density at radius 2 is 1.88 bits per heavy atom. The number of nitrogens with zero attached hydrogens (tertiary/aromatic N) is 1. The zero-order valence-corrected chi connectivity index (χ0v) is 10.4. The number of carbonyl (C=O) groups excluding carboxylic acids is 1. The van der Waals surface area contributed by atoms with Crippen molar-refractivity contribution in [3.63, 3.8) is 0 Å². The molecule has 92 valence electrons. The van der Waals surface area contributed by atoms with Gasteiger partial charge in [-0.25, -0.2) is 0 Å². The first-order valence-corrected chi connectivity index (χ1v) is 6.79. The van der Waals surface area contributed by atoms with Crippen LogP contribution in [0, 0.1) is 11.8 Å². The second-order valence-corrected chi connectivity index (χ2v) is 5.29. The first-order chi connectivity index (χ1) is 7.81. The molecule has 0 aromatic heterocycles. The number of likely N-dealkylation sites (tertiary alicyclic amines) is 1. The Balaban J connectivity index is 1.66. The largest absolute Gasteiger partial charge is 0.342 e. The maximum absolute atomic E-state index is 11.9. The third-order valence-corrected chi connectivity index (χ3v) is 3.99. The monoisotopic (exact) mass is 224 g/mol. The molecule has 1 N–H and O–H groups in total. The Kier molecular flexibility index (Phi) is 4.22. The minimum atomic E-state index is 0.394. The molecule has 0 aliphatic carbocycles. The van der Waals surface area contributed by atoms with Crippen LogP contribution in [0.2, 0.25) is 0 Å².